The molecule has 0 saturated heterocycles. The van der Waals surface area contributed by atoms with Gasteiger partial charge in [-0.3, -0.25) is 9.36 Å². The van der Waals surface area contributed by atoms with E-state index >= 15 is 0 Å². The van der Waals surface area contributed by atoms with E-state index < -0.39 is 0 Å². The predicted octanol–water partition coefficient (Wildman–Crippen LogP) is 4.80. The first-order valence-electron chi connectivity index (χ1n) is 8.86. The second-order valence-corrected chi connectivity index (χ2v) is 7.55. The fourth-order valence-corrected chi connectivity index (χ4v) is 3.82. The van der Waals surface area contributed by atoms with Crippen LogP contribution in [0.5, 0.6) is 0 Å². The van der Waals surface area contributed by atoms with Crippen LogP contribution in [0.3, 0.4) is 0 Å². The zero-order valence-corrected chi connectivity index (χ0v) is 16.7. The summed E-state index contributed by atoms with van der Waals surface area (Å²) in [4.78, 5) is 21.9. The minimum Gasteiger partial charge on any atom is -0.338 e. The van der Waals surface area contributed by atoms with Crippen LogP contribution in [0.25, 0.3) is 22.3 Å². The molecule has 0 radical (unpaired) electrons. The first kappa shape index (κ1) is 18.7. The Morgan fingerprint density at radius 2 is 1.89 bits per heavy atom. The molecular weight excluding hydrogens is 396 g/mol. The van der Waals surface area contributed by atoms with Crippen LogP contribution in [0.4, 0.5) is 0 Å². The molecule has 0 spiro atoms. The van der Waals surface area contributed by atoms with Gasteiger partial charge >= 0.3 is 0 Å². The third-order valence-corrected chi connectivity index (χ3v) is 5.38. The number of para-hydroxylation sites is 1. The standard InChI is InChI=1S/C20H17ClN4O2S/c1-2-11-25-19(26)15-5-3-4-6-16(15)22-20(25)28-12-17-23-18(24-27-17)13-7-9-14(21)10-8-13/h3-10H,2,11-12H2,1H3. The average Bonchev–Trinajstić information content (AvgIpc) is 3.18. The van der Waals surface area contributed by atoms with Gasteiger partial charge in [0, 0.05) is 17.1 Å². The van der Waals surface area contributed by atoms with Crippen molar-refractivity contribution in [1.29, 1.82) is 0 Å². The maximum atomic E-state index is 12.8. The minimum absolute atomic E-state index is 0.0256. The van der Waals surface area contributed by atoms with Crippen molar-refractivity contribution in [2.45, 2.75) is 30.8 Å². The van der Waals surface area contributed by atoms with Gasteiger partial charge in [0.25, 0.3) is 5.56 Å². The molecule has 2 heterocycles. The van der Waals surface area contributed by atoms with Gasteiger partial charge in [-0.2, -0.15) is 4.98 Å². The van der Waals surface area contributed by atoms with Crippen molar-refractivity contribution in [2.75, 3.05) is 0 Å². The number of nitrogens with zero attached hydrogens (tertiary/aromatic N) is 4. The minimum atomic E-state index is -0.0256. The molecule has 2 aromatic heterocycles. The number of hydrogen-bond acceptors (Lipinski definition) is 6. The normalized spacial score (nSPS) is 11.2. The Morgan fingerprint density at radius 3 is 2.68 bits per heavy atom. The van der Waals surface area contributed by atoms with Gasteiger partial charge in [-0.25, -0.2) is 4.98 Å². The third-order valence-electron chi connectivity index (χ3n) is 4.17. The summed E-state index contributed by atoms with van der Waals surface area (Å²) in [6.45, 7) is 2.64. The van der Waals surface area contributed by atoms with Crippen molar-refractivity contribution in [1.82, 2.24) is 19.7 Å². The summed E-state index contributed by atoms with van der Waals surface area (Å²) in [5.74, 6) is 1.40. The molecule has 0 unspecified atom stereocenters. The van der Waals surface area contributed by atoms with Crippen LogP contribution in [0.2, 0.25) is 5.02 Å². The molecule has 8 heteroatoms. The van der Waals surface area contributed by atoms with Gasteiger partial charge in [-0.05, 0) is 42.8 Å². The maximum Gasteiger partial charge on any atom is 0.262 e. The van der Waals surface area contributed by atoms with Crippen LogP contribution in [0, 0.1) is 0 Å². The molecule has 142 valence electrons. The lowest BCUT2D eigenvalue weighted by Gasteiger charge is -2.11. The summed E-state index contributed by atoms with van der Waals surface area (Å²) in [6.07, 6.45) is 0.842. The number of aromatic nitrogens is 4. The highest BCUT2D eigenvalue weighted by molar-refractivity contribution is 7.98. The van der Waals surface area contributed by atoms with Crippen molar-refractivity contribution in [3.05, 3.63) is 69.8 Å². The average molecular weight is 413 g/mol. The Balaban J connectivity index is 1.59. The molecule has 0 aliphatic carbocycles. The molecule has 28 heavy (non-hydrogen) atoms. The van der Waals surface area contributed by atoms with Crippen molar-refractivity contribution in [3.63, 3.8) is 0 Å². The summed E-state index contributed by atoms with van der Waals surface area (Å²) >= 11 is 7.33. The van der Waals surface area contributed by atoms with E-state index in [0.717, 1.165) is 12.0 Å². The fraction of sp³-hybridized carbons (Fsp3) is 0.200. The molecule has 0 atom stereocenters. The van der Waals surface area contributed by atoms with Crippen molar-refractivity contribution in [3.8, 4) is 11.4 Å². The van der Waals surface area contributed by atoms with Crippen LogP contribution in [0.1, 0.15) is 19.2 Å². The smallest absolute Gasteiger partial charge is 0.262 e. The molecule has 0 aliphatic heterocycles. The molecule has 0 amide bonds. The number of benzene rings is 2. The van der Waals surface area contributed by atoms with E-state index in [4.69, 9.17) is 16.1 Å². The maximum absolute atomic E-state index is 12.8. The Bertz CT molecular complexity index is 1170. The van der Waals surface area contributed by atoms with E-state index in [1.54, 1.807) is 16.7 Å². The number of fused-ring (bicyclic) bond motifs is 1. The molecule has 4 aromatic rings. The fourth-order valence-electron chi connectivity index (χ4n) is 2.83. The number of hydrogen-bond donors (Lipinski definition) is 0. The van der Waals surface area contributed by atoms with Crippen molar-refractivity contribution < 1.29 is 4.52 Å². The number of rotatable bonds is 6. The monoisotopic (exact) mass is 412 g/mol. The van der Waals surface area contributed by atoms with Gasteiger partial charge < -0.3 is 4.52 Å². The molecule has 0 bridgehead atoms. The van der Waals surface area contributed by atoms with E-state index in [1.807, 2.05) is 43.3 Å². The van der Waals surface area contributed by atoms with Gasteiger partial charge in [-0.15, -0.1) is 0 Å². The van der Waals surface area contributed by atoms with Crippen LogP contribution < -0.4 is 5.56 Å². The topological polar surface area (TPSA) is 73.8 Å². The second kappa shape index (κ2) is 8.16. The lowest BCUT2D eigenvalue weighted by atomic mass is 10.2. The lowest BCUT2D eigenvalue weighted by molar-refractivity contribution is 0.391. The summed E-state index contributed by atoms with van der Waals surface area (Å²) < 4.78 is 7.07. The van der Waals surface area contributed by atoms with Crippen molar-refractivity contribution >= 4 is 34.3 Å². The highest BCUT2D eigenvalue weighted by Crippen LogP contribution is 2.24. The van der Waals surface area contributed by atoms with Gasteiger partial charge in [0.2, 0.25) is 11.7 Å². The summed E-state index contributed by atoms with van der Waals surface area (Å²) in [7, 11) is 0. The quantitative estimate of drug-likeness (QED) is 0.334. The van der Waals surface area contributed by atoms with E-state index in [9.17, 15) is 4.79 Å². The summed E-state index contributed by atoms with van der Waals surface area (Å²) in [5, 5.41) is 5.95. The van der Waals surface area contributed by atoms with Crippen LogP contribution in [-0.2, 0) is 12.3 Å². The number of halogens is 1. The Kier molecular flexibility index (Phi) is 5.45. The Morgan fingerprint density at radius 1 is 1.11 bits per heavy atom. The lowest BCUT2D eigenvalue weighted by Crippen LogP contribution is -2.23. The Hall–Kier alpha value is -2.64. The largest absolute Gasteiger partial charge is 0.338 e. The van der Waals surface area contributed by atoms with E-state index in [-0.39, 0.29) is 5.56 Å². The first-order chi connectivity index (χ1) is 13.7. The summed E-state index contributed by atoms with van der Waals surface area (Å²) in [5.41, 5.74) is 1.49. The highest BCUT2D eigenvalue weighted by Gasteiger charge is 2.14. The summed E-state index contributed by atoms with van der Waals surface area (Å²) in [6, 6.07) is 14.6. The van der Waals surface area contributed by atoms with Gasteiger partial charge in [0.05, 0.1) is 16.7 Å². The van der Waals surface area contributed by atoms with Crippen LogP contribution >= 0.6 is 23.4 Å². The Labute approximate surface area is 170 Å². The zero-order chi connectivity index (χ0) is 19.5. The van der Waals surface area contributed by atoms with E-state index in [2.05, 4.69) is 15.1 Å². The highest BCUT2D eigenvalue weighted by atomic mass is 35.5. The van der Waals surface area contributed by atoms with Crippen LogP contribution in [0.15, 0.2) is 63.0 Å². The van der Waals surface area contributed by atoms with E-state index in [1.165, 1.54) is 11.8 Å². The van der Waals surface area contributed by atoms with Gasteiger partial charge in [-0.1, -0.05) is 47.6 Å². The molecule has 6 nitrogen and oxygen atoms in total. The predicted molar refractivity (Wildman–Crippen MR) is 111 cm³/mol. The SMILES string of the molecule is CCCn1c(SCc2nc(-c3ccc(Cl)cc3)no2)nc2ccccc2c1=O. The van der Waals surface area contributed by atoms with Gasteiger partial charge in [0.1, 0.15) is 0 Å². The molecule has 4 rings (SSSR count). The first-order valence-corrected chi connectivity index (χ1v) is 10.2. The van der Waals surface area contributed by atoms with Gasteiger partial charge in [0.15, 0.2) is 5.16 Å². The van der Waals surface area contributed by atoms with Crippen molar-refractivity contribution in [2.24, 2.45) is 0 Å². The van der Waals surface area contributed by atoms with Crippen LogP contribution in [-0.4, -0.2) is 19.7 Å². The molecule has 0 N–H and O–H groups in total. The molecule has 0 fully saturated rings. The molecular formula is C20H17ClN4O2S. The molecule has 2 aromatic carbocycles. The van der Waals surface area contributed by atoms with E-state index in [0.29, 0.717) is 45.1 Å². The zero-order valence-electron chi connectivity index (χ0n) is 15.1. The third kappa shape index (κ3) is 3.81. The molecule has 0 saturated carbocycles. The second-order valence-electron chi connectivity index (χ2n) is 6.18. The molecule has 0 aliphatic rings. The number of thioether (sulfide) groups is 1.